The van der Waals surface area contributed by atoms with Crippen LogP contribution in [0.3, 0.4) is 0 Å². The minimum Gasteiger partial charge on any atom is -0.506 e. The van der Waals surface area contributed by atoms with E-state index in [9.17, 15) is 19.1 Å². The maximum absolute atomic E-state index is 13.5. The fourth-order valence-corrected chi connectivity index (χ4v) is 5.31. The molecule has 40 heavy (non-hydrogen) atoms. The summed E-state index contributed by atoms with van der Waals surface area (Å²) < 4.78 is 24.6. The molecule has 3 heterocycles. The van der Waals surface area contributed by atoms with Gasteiger partial charge in [-0.25, -0.2) is 14.1 Å². The Morgan fingerprint density at radius 3 is 2.52 bits per heavy atom. The normalized spacial score (nSPS) is 13.8. The van der Waals surface area contributed by atoms with Crippen LogP contribution in [0.2, 0.25) is 5.02 Å². The van der Waals surface area contributed by atoms with Crippen molar-refractivity contribution in [1.29, 1.82) is 0 Å². The minimum atomic E-state index is -0.689. The molecule has 6 rings (SSSR count). The number of furan rings is 1. The van der Waals surface area contributed by atoms with E-state index in [1.807, 2.05) is 6.07 Å². The molecule has 1 aliphatic heterocycles. The van der Waals surface area contributed by atoms with Crippen LogP contribution in [0.4, 0.5) is 20.6 Å². The molecule has 0 bridgehead atoms. The molecule has 1 aliphatic rings. The van der Waals surface area contributed by atoms with Crippen LogP contribution in [-0.4, -0.2) is 17.0 Å². The van der Waals surface area contributed by atoms with Gasteiger partial charge in [-0.2, -0.15) is 0 Å². The number of rotatable bonds is 5. The lowest BCUT2D eigenvalue weighted by molar-refractivity contribution is -0.112. The third-order valence-electron chi connectivity index (χ3n) is 6.05. The molecular formula is C30H18ClFN2O5S. The van der Waals surface area contributed by atoms with Gasteiger partial charge in [0.1, 0.15) is 23.1 Å². The SMILES string of the molecule is O=C(Nc1ccccc1)N1C(=O)/C(=C(\O)c2ccc(-c3ccc(Oc4ccc(F)cc4)o3)s2)c2cc(Cl)ccc21. The number of ether oxygens (including phenoxy) is 1. The van der Waals surface area contributed by atoms with E-state index in [2.05, 4.69) is 5.32 Å². The molecule has 0 aliphatic carbocycles. The maximum atomic E-state index is 13.5. The Bertz CT molecular complexity index is 1780. The van der Waals surface area contributed by atoms with Crippen molar-refractivity contribution in [2.24, 2.45) is 0 Å². The van der Waals surface area contributed by atoms with Crippen LogP contribution in [0.25, 0.3) is 22.0 Å². The lowest BCUT2D eigenvalue weighted by Gasteiger charge is -2.16. The van der Waals surface area contributed by atoms with Crippen LogP contribution >= 0.6 is 22.9 Å². The van der Waals surface area contributed by atoms with Crippen molar-refractivity contribution in [3.8, 4) is 22.3 Å². The number of benzene rings is 3. The molecule has 7 nitrogen and oxygen atoms in total. The molecule has 0 saturated heterocycles. The van der Waals surface area contributed by atoms with Crippen molar-refractivity contribution in [3.05, 3.63) is 118 Å². The Morgan fingerprint density at radius 1 is 0.975 bits per heavy atom. The number of amides is 3. The Labute approximate surface area is 236 Å². The summed E-state index contributed by atoms with van der Waals surface area (Å²) in [5.74, 6) is -0.280. The van der Waals surface area contributed by atoms with Crippen molar-refractivity contribution < 1.29 is 28.2 Å². The first-order valence-corrected chi connectivity index (χ1v) is 13.1. The number of halogens is 2. The van der Waals surface area contributed by atoms with E-state index < -0.39 is 11.9 Å². The van der Waals surface area contributed by atoms with Crippen molar-refractivity contribution in [2.45, 2.75) is 0 Å². The number of fused-ring (bicyclic) bond motifs is 1. The third kappa shape index (κ3) is 4.84. The van der Waals surface area contributed by atoms with E-state index in [1.54, 1.807) is 60.7 Å². The molecule has 3 amide bonds. The number of nitrogens with zero attached hydrogens (tertiary/aromatic N) is 1. The smallest absolute Gasteiger partial charge is 0.333 e. The number of nitrogens with one attached hydrogen (secondary N) is 1. The number of aliphatic hydroxyl groups is 1. The van der Waals surface area contributed by atoms with Crippen LogP contribution in [0.15, 0.2) is 101 Å². The maximum Gasteiger partial charge on any atom is 0.333 e. The van der Waals surface area contributed by atoms with Crippen molar-refractivity contribution in [1.82, 2.24) is 0 Å². The van der Waals surface area contributed by atoms with Crippen LogP contribution in [0.1, 0.15) is 10.4 Å². The quantitative estimate of drug-likeness (QED) is 0.162. The Balaban J connectivity index is 1.30. The summed E-state index contributed by atoms with van der Waals surface area (Å²) in [6.45, 7) is 0. The molecule has 0 radical (unpaired) electrons. The molecule has 0 spiro atoms. The second-order valence-corrected chi connectivity index (χ2v) is 10.2. The first kappa shape index (κ1) is 25.4. The molecule has 2 aromatic heterocycles. The summed E-state index contributed by atoms with van der Waals surface area (Å²) in [6, 6.07) is 25.0. The Morgan fingerprint density at radius 2 is 1.75 bits per heavy atom. The number of hydrogen-bond acceptors (Lipinski definition) is 6. The topological polar surface area (TPSA) is 92.0 Å². The van der Waals surface area contributed by atoms with E-state index in [4.69, 9.17) is 20.8 Å². The van der Waals surface area contributed by atoms with Crippen molar-refractivity contribution in [2.75, 3.05) is 10.2 Å². The second-order valence-electron chi connectivity index (χ2n) is 8.66. The van der Waals surface area contributed by atoms with Gasteiger partial charge in [0.05, 0.1) is 21.0 Å². The van der Waals surface area contributed by atoms with E-state index in [0.29, 0.717) is 43.2 Å². The van der Waals surface area contributed by atoms with E-state index >= 15 is 0 Å². The summed E-state index contributed by atoms with van der Waals surface area (Å²) in [6.07, 6.45) is 0. The molecule has 5 aromatic rings. The van der Waals surface area contributed by atoms with Gasteiger partial charge >= 0.3 is 6.03 Å². The number of para-hydroxylation sites is 1. The number of urea groups is 1. The summed E-state index contributed by atoms with van der Waals surface area (Å²) in [5, 5.41) is 14.3. The van der Waals surface area contributed by atoms with Gasteiger partial charge in [-0.1, -0.05) is 29.8 Å². The summed E-state index contributed by atoms with van der Waals surface area (Å²) >= 11 is 7.41. The highest BCUT2D eigenvalue weighted by Gasteiger charge is 2.39. The van der Waals surface area contributed by atoms with Gasteiger partial charge in [0, 0.05) is 22.3 Å². The van der Waals surface area contributed by atoms with Crippen LogP contribution < -0.4 is 15.0 Å². The lowest BCUT2D eigenvalue weighted by atomic mass is 10.1. The first-order valence-electron chi connectivity index (χ1n) is 11.9. The molecule has 198 valence electrons. The summed E-state index contributed by atoms with van der Waals surface area (Å²) in [7, 11) is 0. The predicted octanol–water partition coefficient (Wildman–Crippen LogP) is 8.60. The number of hydrogen-bond donors (Lipinski definition) is 2. The van der Waals surface area contributed by atoms with E-state index in [0.717, 1.165) is 4.90 Å². The van der Waals surface area contributed by atoms with Gasteiger partial charge in [0.25, 0.3) is 11.9 Å². The fraction of sp³-hybridized carbons (Fsp3) is 0. The zero-order valence-electron chi connectivity index (χ0n) is 20.4. The van der Waals surface area contributed by atoms with Crippen LogP contribution in [-0.2, 0) is 4.79 Å². The highest BCUT2D eigenvalue weighted by atomic mass is 35.5. The fourth-order valence-electron chi connectivity index (χ4n) is 4.22. The minimum absolute atomic E-state index is 0.0473. The number of anilines is 2. The van der Waals surface area contributed by atoms with Gasteiger partial charge in [0.2, 0.25) is 0 Å². The highest BCUT2D eigenvalue weighted by molar-refractivity contribution is 7.16. The molecule has 0 fully saturated rings. The standard InChI is InChI=1S/C30H18ClFN2O5S/c31-17-6-11-22-21(16-17)27(29(36)34(22)30(37)33-19-4-2-1-3-5-19)28(35)25-14-13-24(40-25)23-12-15-26(39-23)38-20-9-7-18(32)8-10-20/h1-16,35H,(H,33,37)/b28-27-. The molecule has 0 saturated carbocycles. The van der Waals surface area contributed by atoms with E-state index in [1.165, 1.54) is 41.7 Å². The van der Waals surface area contributed by atoms with Gasteiger partial charge < -0.3 is 19.6 Å². The molecule has 0 atom stereocenters. The zero-order chi connectivity index (χ0) is 27.8. The number of carbonyl (C=O) groups is 2. The van der Waals surface area contributed by atoms with Crippen LogP contribution in [0.5, 0.6) is 11.7 Å². The number of aliphatic hydroxyl groups excluding tert-OH is 1. The zero-order valence-corrected chi connectivity index (χ0v) is 22.0. The molecule has 2 N–H and O–H groups in total. The van der Waals surface area contributed by atoms with Crippen molar-refractivity contribution >= 4 is 57.6 Å². The Hall–Kier alpha value is -4.86. The largest absolute Gasteiger partial charge is 0.506 e. The van der Waals surface area contributed by atoms with Gasteiger partial charge in [-0.15, -0.1) is 11.3 Å². The number of imide groups is 1. The molecule has 10 heteroatoms. The Kier molecular flexibility index (Phi) is 6.59. The average molecular weight is 573 g/mol. The number of thiophene rings is 1. The summed E-state index contributed by atoms with van der Waals surface area (Å²) in [5.41, 5.74) is 1.10. The molecule has 3 aromatic carbocycles. The van der Waals surface area contributed by atoms with E-state index in [-0.39, 0.29) is 23.1 Å². The van der Waals surface area contributed by atoms with Gasteiger partial charge in [-0.3, -0.25) is 4.79 Å². The van der Waals surface area contributed by atoms with Gasteiger partial charge in [0.15, 0.2) is 0 Å². The highest BCUT2D eigenvalue weighted by Crippen LogP contribution is 2.44. The summed E-state index contributed by atoms with van der Waals surface area (Å²) in [4.78, 5) is 28.7. The van der Waals surface area contributed by atoms with Crippen LogP contribution in [0, 0.1) is 5.82 Å². The second kappa shape index (κ2) is 10.4. The average Bonchev–Trinajstić information content (AvgIpc) is 3.67. The molecule has 0 unspecified atom stereocenters. The molecular weight excluding hydrogens is 555 g/mol. The first-order chi connectivity index (χ1) is 19.4. The third-order valence-corrected chi connectivity index (χ3v) is 7.39. The monoisotopic (exact) mass is 572 g/mol. The lowest BCUT2D eigenvalue weighted by Crippen LogP contribution is -2.37. The number of carbonyl (C=O) groups excluding carboxylic acids is 2. The predicted molar refractivity (Wildman–Crippen MR) is 152 cm³/mol. The van der Waals surface area contributed by atoms with Crippen molar-refractivity contribution in [3.63, 3.8) is 0 Å². The van der Waals surface area contributed by atoms with Gasteiger partial charge in [-0.05, 0) is 72.8 Å².